The lowest BCUT2D eigenvalue weighted by Crippen LogP contribution is -2.56. The maximum atomic E-state index is 13.6. The van der Waals surface area contributed by atoms with Gasteiger partial charge in [0.2, 0.25) is 5.91 Å². The molecule has 0 aliphatic carbocycles. The number of nitrogens with one attached hydrogen (secondary N) is 3. The molecule has 2 aromatic carbocycles. The second-order valence-electron chi connectivity index (χ2n) is 12.3. The van der Waals surface area contributed by atoms with E-state index in [1.54, 1.807) is 30.1 Å². The number of aryl methyl sites for hydroxylation is 2. The fourth-order valence-electron chi connectivity index (χ4n) is 5.08. The largest absolute Gasteiger partial charge is 0.391 e. The lowest BCUT2D eigenvalue weighted by Gasteiger charge is -2.29. The molecule has 4 atom stereocenters. The van der Waals surface area contributed by atoms with Crippen LogP contribution < -0.4 is 16.0 Å². The van der Waals surface area contributed by atoms with Crippen molar-refractivity contribution in [3.8, 4) is 0 Å². The molecular formula is C35H49N5O5S. The molecular weight excluding hydrogens is 602 g/mol. The van der Waals surface area contributed by atoms with Gasteiger partial charge in [-0.15, -0.1) is 11.3 Å². The van der Waals surface area contributed by atoms with E-state index in [4.69, 9.17) is 0 Å². The molecule has 0 saturated carbocycles. The van der Waals surface area contributed by atoms with Gasteiger partial charge in [-0.1, -0.05) is 57.5 Å². The average Bonchev–Trinajstić information content (AvgIpc) is 3.43. The summed E-state index contributed by atoms with van der Waals surface area (Å²) in [5, 5.41) is 33.8. The van der Waals surface area contributed by atoms with Crippen LogP contribution in [0.4, 0.5) is 0 Å². The minimum atomic E-state index is -1.10. The Hall–Kier alpha value is -3.64. The van der Waals surface area contributed by atoms with Crippen LogP contribution in [-0.2, 0) is 17.8 Å². The van der Waals surface area contributed by atoms with Gasteiger partial charge in [0.25, 0.3) is 11.8 Å². The zero-order chi connectivity index (χ0) is 33.8. The van der Waals surface area contributed by atoms with Gasteiger partial charge in [0.15, 0.2) is 0 Å². The number of benzene rings is 2. The van der Waals surface area contributed by atoms with Crippen LogP contribution in [0, 0.1) is 19.8 Å². The average molecular weight is 652 g/mol. The molecule has 1 unspecified atom stereocenters. The van der Waals surface area contributed by atoms with Gasteiger partial charge in [0, 0.05) is 42.3 Å². The predicted molar refractivity (Wildman–Crippen MR) is 182 cm³/mol. The number of rotatable bonds is 17. The number of amides is 3. The Balaban J connectivity index is 1.78. The van der Waals surface area contributed by atoms with Crippen LogP contribution in [0.25, 0.3) is 0 Å². The molecule has 0 spiro atoms. The van der Waals surface area contributed by atoms with Gasteiger partial charge in [0.05, 0.1) is 24.8 Å². The normalized spacial score (nSPS) is 13.9. The number of aliphatic hydroxyl groups excluding tert-OH is 2. The van der Waals surface area contributed by atoms with E-state index in [9.17, 15) is 24.6 Å². The fourth-order valence-corrected chi connectivity index (χ4v) is 5.91. The first-order valence-corrected chi connectivity index (χ1v) is 16.8. The summed E-state index contributed by atoms with van der Waals surface area (Å²) >= 11 is 1.49. The summed E-state index contributed by atoms with van der Waals surface area (Å²) in [6, 6.07) is 12.8. The summed E-state index contributed by atoms with van der Waals surface area (Å²) in [5.74, 6) is -0.766. The molecule has 250 valence electrons. The topological polar surface area (TPSA) is 144 Å². The van der Waals surface area contributed by atoms with Gasteiger partial charge in [-0.2, -0.15) is 0 Å². The standard InChI is InChI=1S/C35H49N5O5S/c1-7-11-29(41)32(34(44)37-18-22(2)3)36-19-30(42)28(16-25-12-9-8-10-13-25)39-33(43)26-14-23(4)15-27(17-26)35(45)40(6)20-31-38-24(5)21-46-31/h8-10,12-15,17,21-22,28-30,32,36,41-42H,7,11,16,18-20H2,1-6H3,(H,37,44)(H,39,43)/t28-,29-,30+,32?/m0/s1. The van der Waals surface area contributed by atoms with Gasteiger partial charge in [-0.3, -0.25) is 14.4 Å². The first-order valence-electron chi connectivity index (χ1n) is 15.9. The number of carbonyl (C=O) groups excluding carboxylic acids is 3. The molecule has 0 fully saturated rings. The smallest absolute Gasteiger partial charge is 0.254 e. The second kappa shape index (κ2) is 17.9. The van der Waals surface area contributed by atoms with Crippen molar-refractivity contribution in [2.75, 3.05) is 20.1 Å². The Bertz CT molecular complexity index is 1430. The molecule has 0 aliphatic rings. The first kappa shape index (κ1) is 36.8. The van der Waals surface area contributed by atoms with Crippen LogP contribution in [0.1, 0.15) is 76.2 Å². The highest BCUT2D eigenvalue weighted by Gasteiger charge is 2.29. The van der Waals surface area contributed by atoms with Crippen LogP contribution in [0.5, 0.6) is 0 Å². The molecule has 0 aliphatic heterocycles. The van der Waals surface area contributed by atoms with Crippen molar-refractivity contribution in [2.24, 2.45) is 5.92 Å². The third kappa shape index (κ3) is 11.3. The highest BCUT2D eigenvalue weighted by molar-refractivity contribution is 7.09. The maximum Gasteiger partial charge on any atom is 0.254 e. The summed E-state index contributed by atoms with van der Waals surface area (Å²) in [7, 11) is 1.70. The Morgan fingerprint density at radius 2 is 1.67 bits per heavy atom. The molecule has 10 nitrogen and oxygen atoms in total. The van der Waals surface area contributed by atoms with Crippen LogP contribution in [0.3, 0.4) is 0 Å². The van der Waals surface area contributed by atoms with Crippen molar-refractivity contribution in [3.05, 3.63) is 86.9 Å². The molecule has 5 N–H and O–H groups in total. The van der Waals surface area contributed by atoms with E-state index < -0.39 is 30.2 Å². The van der Waals surface area contributed by atoms with Gasteiger partial charge < -0.3 is 31.1 Å². The Kier molecular flexibility index (Phi) is 14.3. The van der Waals surface area contributed by atoms with Gasteiger partial charge >= 0.3 is 0 Å². The molecule has 11 heteroatoms. The number of thiazole rings is 1. The van der Waals surface area contributed by atoms with Gasteiger partial charge in [0.1, 0.15) is 11.0 Å². The molecule has 1 aromatic heterocycles. The van der Waals surface area contributed by atoms with Gasteiger partial charge in [-0.25, -0.2) is 4.98 Å². The summed E-state index contributed by atoms with van der Waals surface area (Å²) < 4.78 is 0. The number of hydrogen-bond acceptors (Lipinski definition) is 8. The van der Waals surface area contributed by atoms with Crippen LogP contribution in [-0.4, -0.2) is 82.2 Å². The molecule has 46 heavy (non-hydrogen) atoms. The van der Waals surface area contributed by atoms with Crippen molar-refractivity contribution in [1.29, 1.82) is 0 Å². The van der Waals surface area contributed by atoms with E-state index in [0.29, 0.717) is 43.5 Å². The van der Waals surface area contributed by atoms with E-state index in [2.05, 4.69) is 20.9 Å². The molecule has 3 aromatic rings. The third-order valence-electron chi connectivity index (χ3n) is 7.53. The number of hydrogen-bond donors (Lipinski definition) is 5. The maximum absolute atomic E-state index is 13.6. The highest BCUT2D eigenvalue weighted by Crippen LogP contribution is 2.17. The van der Waals surface area contributed by atoms with Crippen molar-refractivity contribution in [3.63, 3.8) is 0 Å². The number of carbonyl (C=O) groups is 3. The summed E-state index contributed by atoms with van der Waals surface area (Å²) in [4.78, 5) is 45.9. The molecule has 3 rings (SSSR count). The lowest BCUT2D eigenvalue weighted by molar-refractivity contribution is -0.126. The Labute approximate surface area is 276 Å². The van der Waals surface area contributed by atoms with Crippen molar-refractivity contribution in [2.45, 2.75) is 84.7 Å². The van der Waals surface area contributed by atoms with Gasteiger partial charge in [-0.05, 0) is 61.9 Å². The van der Waals surface area contributed by atoms with E-state index in [-0.39, 0.29) is 24.3 Å². The summed E-state index contributed by atoms with van der Waals surface area (Å²) in [6.07, 6.45) is -0.608. The van der Waals surface area contributed by atoms with E-state index in [1.807, 2.05) is 70.3 Å². The molecule has 0 radical (unpaired) electrons. The highest BCUT2D eigenvalue weighted by atomic mass is 32.1. The van der Waals surface area contributed by atoms with E-state index >= 15 is 0 Å². The zero-order valence-corrected chi connectivity index (χ0v) is 28.6. The fraction of sp³-hybridized carbons (Fsp3) is 0.486. The molecule has 3 amide bonds. The van der Waals surface area contributed by atoms with Crippen molar-refractivity contribution >= 4 is 29.1 Å². The van der Waals surface area contributed by atoms with Crippen LogP contribution in [0.2, 0.25) is 0 Å². The van der Waals surface area contributed by atoms with Crippen molar-refractivity contribution in [1.82, 2.24) is 25.8 Å². The monoisotopic (exact) mass is 651 g/mol. The SMILES string of the molecule is CCC[C@H](O)C(NC[C@@H](O)[C@H](Cc1ccccc1)NC(=O)c1cc(C)cc(C(=O)N(C)Cc2nc(C)cs2)c1)C(=O)NCC(C)C. The zero-order valence-electron chi connectivity index (χ0n) is 27.7. The molecule has 0 bridgehead atoms. The van der Waals surface area contributed by atoms with Crippen molar-refractivity contribution < 1.29 is 24.6 Å². The lowest BCUT2D eigenvalue weighted by atomic mass is 9.98. The minimum Gasteiger partial charge on any atom is -0.391 e. The molecule has 0 saturated heterocycles. The minimum absolute atomic E-state index is 0.0447. The predicted octanol–water partition coefficient (Wildman–Crippen LogP) is 3.63. The number of nitrogens with zero attached hydrogens (tertiary/aromatic N) is 2. The Morgan fingerprint density at radius 3 is 2.30 bits per heavy atom. The summed E-state index contributed by atoms with van der Waals surface area (Å²) in [5.41, 5.74) is 3.23. The number of aliphatic hydroxyl groups is 2. The van der Waals surface area contributed by atoms with Crippen LogP contribution in [0.15, 0.2) is 53.9 Å². The van der Waals surface area contributed by atoms with Crippen LogP contribution >= 0.6 is 11.3 Å². The second-order valence-corrected chi connectivity index (χ2v) is 13.3. The van der Waals surface area contributed by atoms with E-state index in [1.165, 1.54) is 11.3 Å². The third-order valence-corrected chi connectivity index (χ3v) is 8.49. The Morgan fingerprint density at radius 1 is 0.978 bits per heavy atom. The first-order chi connectivity index (χ1) is 21.9. The number of aromatic nitrogens is 1. The summed E-state index contributed by atoms with van der Waals surface area (Å²) in [6.45, 7) is 10.4. The molecule has 1 heterocycles. The quantitative estimate of drug-likeness (QED) is 0.150. The van der Waals surface area contributed by atoms with E-state index in [0.717, 1.165) is 21.8 Å².